The molecule has 12 nitrogen and oxygen atoms in total. The Morgan fingerprint density at radius 1 is 0.513 bits per heavy atom. The van der Waals surface area contributed by atoms with Gasteiger partial charge in [-0.25, -0.2) is 4.18 Å². The SMILES string of the molecule is CC/C=C\C/C=C\C/C=C\C/C=C\C/C=C\C/C=C\CCCCCCCCC(=O)OC(COCCCCCCCCCCCCCC/C=C\CCCCCCCCCC)COC1OC(CO)C(O)C(OS(=O)(=O)O)C1O. The zero-order chi connectivity index (χ0) is 55.3. The predicted molar refractivity (Wildman–Crippen MR) is 312 cm³/mol. The highest BCUT2D eigenvalue weighted by atomic mass is 32.3. The molecule has 6 atom stereocenters. The van der Waals surface area contributed by atoms with Crippen LogP contribution in [0.15, 0.2) is 85.1 Å². The van der Waals surface area contributed by atoms with E-state index >= 15 is 0 Å². The minimum Gasteiger partial charge on any atom is -0.457 e. The molecule has 1 saturated heterocycles. The Kier molecular flexibility index (Phi) is 49.7. The van der Waals surface area contributed by atoms with E-state index in [1.165, 1.54) is 122 Å². The normalized spacial score (nSPS) is 19.2. The van der Waals surface area contributed by atoms with Gasteiger partial charge in [0.05, 0.1) is 19.8 Å². The molecule has 0 aromatic heterocycles. The lowest BCUT2D eigenvalue weighted by Crippen LogP contribution is -2.60. The van der Waals surface area contributed by atoms with Crippen molar-refractivity contribution >= 4 is 16.4 Å². The summed E-state index contributed by atoms with van der Waals surface area (Å²) >= 11 is 0. The zero-order valence-electron chi connectivity index (χ0n) is 47.8. The van der Waals surface area contributed by atoms with Crippen LogP contribution in [0.1, 0.15) is 245 Å². The third-order valence-electron chi connectivity index (χ3n) is 13.5. The largest absolute Gasteiger partial charge is 0.457 e. The summed E-state index contributed by atoms with van der Waals surface area (Å²) < 4.78 is 59.5. The van der Waals surface area contributed by atoms with Crippen LogP contribution in [-0.2, 0) is 38.3 Å². The third kappa shape index (κ3) is 45.2. The van der Waals surface area contributed by atoms with Crippen LogP contribution >= 0.6 is 0 Å². The fourth-order valence-corrected chi connectivity index (χ4v) is 9.48. The number of hydrogen-bond donors (Lipinski definition) is 4. The standard InChI is InChI=1S/C63H110O12S/c1-3-5-7-9-11-13-15-17-19-21-23-25-27-29-30-32-34-36-38-40-42-44-46-48-50-52-59(65)73-57(56-72-63-61(67)62(75-76(68,69)70)60(66)58(54-64)74-63)55-71-53-51-49-47-45-43-41-39-37-35-33-31-28-26-24-22-20-18-16-14-12-10-8-6-4-2/h5,7,11,13,17,19,22-25,29-30,34,36,57-58,60-64,66-67H,3-4,6,8-10,12,14-16,18,20-21,26-28,31-33,35,37-56H2,1-2H3,(H,68,69,70)/b7-5-,13-11-,19-17-,24-22-,25-23-,30-29-,36-34-. The number of hydrogen-bond acceptors (Lipinski definition) is 11. The van der Waals surface area contributed by atoms with Gasteiger partial charge in [0.2, 0.25) is 0 Å². The molecule has 76 heavy (non-hydrogen) atoms. The van der Waals surface area contributed by atoms with Crippen molar-refractivity contribution in [3.05, 3.63) is 85.1 Å². The minimum absolute atomic E-state index is 0.0262. The Balaban J connectivity index is 2.30. The van der Waals surface area contributed by atoms with Crippen LogP contribution in [0, 0.1) is 0 Å². The Morgan fingerprint density at radius 3 is 1.34 bits per heavy atom. The third-order valence-corrected chi connectivity index (χ3v) is 14.0. The number of unbranched alkanes of at least 4 members (excludes halogenated alkanes) is 26. The molecule has 6 unspecified atom stereocenters. The Labute approximate surface area is 463 Å². The summed E-state index contributed by atoms with van der Waals surface area (Å²) in [5.41, 5.74) is 0. The molecule has 1 aliphatic rings. The van der Waals surface area contributed by atoms with E-state index in [1.807, 2.05) is 0 Å². The van der Waals surface area contributed by atoms with Gasteiger partial charge in [0, 0.05) is 13.0 Å². The molecule has 0 aromatic carbocycles. The van der Waals surface area contributed by atoms with E-state index in [4.69, 9.17) is 18.9 Å². The lowest BCUT2D eigenvalue weighted by molar-refractivity contribution is -0.301. The number of esters is 1. The molecule has 0 aliphatic carbocycles. The number of carbonyl (C=O) groups excluding carboxylic acids is 1. The predicted octanol–water partition coefficient (Wildman–Crippen LogP) is 15.5. The second-order valence-electron chi connectivity index (χ2n) is 20.6. The molecule has 1 heterocycles. The lowest BCUT2D eigenvalue weighted by Gasteiger charge is -2.41. The fourth-order valence-electron chi connectivity index (χ4n) is 8.97. The highest BCUT2D eigenvalue weighted by Gasteiger charge is 2.48. The summed E-state index contributed by atoms with van der Waals surface area (Å²) in [5.74, 6) is -0.413. The topological polar surface area (TPSA) is 178 Å². The smallest absolute Gasteiger partial charge is 0.397 e. The summed E-state index contributed by atoms with van der Waals surface area (Å²) in [6.45, 7) is 3.88. The second kappa shape index (κ2) is 53.0. The summed E-state index contributed by atoms with van der Waals surface area (Å²) in [4.78, 5) is 13.0. The zero-order valence-corrected chi connectivity index (χ0v) is 48.6. The van der Waals surface area contributed by atoms with Crippen molar-refractivity contribution in [3.8, 4) is 0 Å². The average Bonchev–Trinajstić information content (AvgIpc) is 3.40. The maximum atomic E-state index is 13.0. The second-order valence-corrected chi connectivity index (χ2v) is 21.6. The van der Waals surface area contributed by atoms with Gasteiger partial charge < -0.3 is 34.3 Å². The molecule has 440 valence electrons. The van der Waals surface area contributed by atoms with Crippen LogP contribution in [0.5, 0.6) is 0 Å². The van der Waals surface area contributed by atoms with Crippen LogP contribution < -0.4 is 0 Å². The molecular formula is C63H110O12S. The van der Waals surface area contributed by atoms with Crippen molar-refractivity contribution in [1.82, 2.24) is 0 Å². The van der Waals surface area contributed by atoms with Crippen molar-refractivity contribution < 1.29 is 56.2 Å². The molecule has 0 radical (unpaired) electrons. The van der Waals surface area contributed by atoms with Gasteiger partial charge in [0.25, 0.3) is 0 Å². The average molecular weight is 1090 g/mol. The Bertz CT molecular complexity index is 1640. The molecule has 0 spiro atoms. The quantitative estimate of drug-likeness (QED) is 0.0196. The molecular weight excluding hydrogens is 981 g/mol. The van der Waals surface area contributed by atoms with Crippen LogP contribution in [0.4, 0.5) is 0 Å². The van der Waals surface area contributed by atoms with Crippen LogP contribution in [0.3, 0.4) is 0 Å². The molecule has 0 saturated carbocycles. The maximum Gasteiger partial charge on any atom is 0.397 e. The first-order valence-electron chi connectivity index (χ1n) is 30.3. The number of aliphatic hydroxyl groups excluding tert-OH is 3. The van der Waals surface area contributed by atoms with Gasteiger partial charge in [-0.2, -0.15) is 8.42 Å². The highest BCUT2D eigenvalue weighted by Crippen LogP contribution is 2.26. The van der Waals surface area contributed by atoms with Gasteiger partial charge in [-0.3, -0.25) is 9.35 Å². The van der Waals surface area contributed by atoms with Gasteiger partial charge in [-0.1, -0.05) is 234 Å². The van der Waals surface area contributed by atoms with E-state index in [0.29, 0.717) is 13.0 Å². The number of rotatable bonds is 53. The van der Waals surface area contributed by atoms with Gasteiger partial charge in [0.1, 0.15) is 30.5 Å². The minimum atomic E-state index is -5.08. The monoisotopic (exact) mass is 1090 g/mol. The van der Waals surface area contributed by atoms with E-state index in [-0.39, 0.29) is 19.6 Å². The van der Waals surface area contributed by atoms with E-state index in [2.05, 4.69) is 103 Å². The van der Waals surface area contributed by atoms with E-state index in [1.54, 1.807) is 0 Å². The summed E-state index contributed by atoms with van der Waals surface area (Å²) in [6, 6.07) is 0. The molecule has 1 fully saturated rings. The first kappa shape index (κ1) is 71.3. The summed E-state index contributed by atoms with van der Waals surface area (Å²) in [7, 11) is -5.08. The van der Waals surface area contributed by atoms with Crippen molar-refractivity contribution in [2.24, 2.45) is 0 Å². The summed E-state index contributed by atoms with van der Waals surface area (Å²) in [5, 5.41) is 30.9. The summed E-state index contributed by atoms with van der Waals surface area (Å²) in [6.07, 6.45) is 63.3. The van der Waals surface area contributed by atoms with Crippen LogP contribution in [-0.4, -0.2) is 97.5 Å². The van der Waals surface area contributed by atoms with Crippen LogP contribution in [0.2, 0.25) is 0 Å². The number of carbonyl (C=O) groups is 1. The molecule has 4 N–H and O–H groups in total. The number of aliphatic hydroxyl groups is 3. The Hall–Kier alpha value is -2.72. The van der Waals surface area contributed by atoms with Gasteiger partial charge in [0.15, 0.2) is 6.29 Å². The molecule has 0 amide bonds. The molecule has 1 rings (SSSR count). The highest BCUT2D eigenvalue weighted by molar-refractivity contribution is 7.80. The van der Waals surface area contributed by atoms with Crippen molar-refractivity contribution in [2.75, 3.05) is 26.4 Å². The van der Waals surface area contributed by atoms with Crippen molar-refractivity contribution in [1.29, 1.82) is 0 Å². The number of allylic oxidation sites excluding steroid dienone is 14. The number of ether oxygens (including phenoxy) is 4. The molecule has 0 aromatic rings. The molecule has 13 heteroatoms. The first-order valence-corrected chi connectivity index (χ1v) is 31.7. The first-order chi connectivity index (χ1) is 37.1. The van der Waals surface area contributed by atoms with Gasteiger partial charge in [-0.05, 0) is 89.9 Å². The van der Waals surface area contributed by atoms with Crippen molar-refractivity contribution in [3.63, 3.8) is 0 Å². The maximum absolute atomic E-state index is 13.0. The Morgan fingerprint density at radius 2 is 0.908 bits per heavy atom. The van der Waals surface area contributed by atoms with E-state index in [0.717, 1.165) is 96.3 Å². The fraction of sp³-hybridized carbons (Fsp3) is 0.762. The molecule has 0 bridgehead atoms. The van der Waals surface area contributed by atoms with Crippen LogP contribution in [0.25, 0.3) is 0 Å². The van der Waals surface area contributed by atoms with Crippen molar-refractivity contribution in [2.45, 2.75) is 282 Å². The van der Waals surface area contributed by atoms with Gasteiger partial charge >= 0.3 is 16.4 Å². The van der Waals surface area contributed by atoms with Gasteiger partial charge in [-0.15, -0.1) is 0 Å². The van der Waals surface area contributed by atoms with E-state index in [9.17, 15) is 33.1 Å². The lowest BCUT2D eigenvalue weighted by atomic mass is 9.99. The molecule has 1 aliphatic heterocycles. The van der Waals surface area contributed by atoms with E-state index < -0.39 is 59.8 Å².